The second kappa shape index (κ2) is 3.42. The summed E-state index contributed by atoms with van der Waals surface area (Å²) in [5, 5.41) is 0.916. The third-order valence-electron chi connectivity index (χ3n) is 2.40. The SMILES string of the molecule is COCc1cc2cccc(F)c2n1C. The molecule has 0 saturated carbocycles. The minimum Gasteiger partial charge on any atom is -0.378 e. The lowest BCUT2D eigenvalue weighted by Crippen LogP contribution is -1.98. The van der Waals surface area contributed by atoms with E-state index in [4.69, 9.17) is 4.74 Å². The van der Waals surface area contributed by atoms with Gasteiger partial charge in [0, 0.05) is 25.2 Å². The number of fused-ring (bicyclic) bond motifs is 1. The quantitative estimate of drug-likeness (QED) is 0.714. The first-order valence-corrected chi connectivity index (χ1v) is 4.46. The molecule has 74 valence electrons. The zero-order valence-electron chi connectivity index (χ0n) is 8.25. The van der Waals surface area contributed by atoms with E-state index in [0.717, 1.165) is 11.1 Å². The normalized spacial score (nSPS) is 11.1. The largest absolute Gasteiger partial charge is 0.378 e. The molecule has 0 amide bonds. The van der Waals surface area contributed by atoms with Crippen LogP contribution in [0.25, 0.3) is 10.9 Å². The van der Waals surface area contributed by atoms with Crippen LogP contribution in [0.4, 0.5) is 4.39 Å². The predicted molar refractivity (Wildman–Crippen MR) is 53.6 cm³/mol. The fraction of sp³-hybridized carbons (Fsp3) is 0.273. The van der Waals surface area contributed by atoms with Gasteiger partial charge in [-0.25, -0.2) is 4.39 Å². The molecule has 0 spiro atoms. The Morgan fingerprint density at radius 2 is 2.21 bits per heavy atom. The number of hydrogen-bond acceptors (Lipinski definition) is 1. The van der Waals surface area contributed by atoms with Gasteiger partial charge >= 0.3 is 0 Å². The first kappa shape index (κ1) is 9.21. The van der Waals surface area contributed by atoms with Crippen LogP contribution in [0.3, 0.4) is 0 Å². The molecule has 3 heteroatoms. The molecule has 0 radical (unpaired) electrons. The zero-order valence-corrected chi connectivity index (χ0v) is 8.25. The number of aryl methyl sites for hydroxylation is 1. The number of halogens is 1. The number of methoxy groups -OCH3 is 1. The molecule has 2 aromatic rings. The summed E-state index contributed by atoms with van der Waals surface area (Å²) in [5.74, 6) is -0.188. The number of aromatic nitrogens is 1. The Kier molecular flexibility index (Phi) is 2.25. The highest BCUT2D eigenvalue weighted by Crippen LogP contribution is 2.21. The summed E-state index contributed by atoms with van der Waals surface area (Å²) < 4.78 is 20.3. The molecule has 2 nitrogen and oxygen atoms in total. The molecule has 0 N–H and O–H groups in total. The van der Waals surface area contributed by atoms with E-state index in [-0.39, 0.29) is 5.82 Å². The third-order valence-corrected chi connectivity index (χ3v) is 2.40. The zero-order chi connectivity index (χ0) is 10.1. The van der Waals surface area contributed by atoms with Crippen LogP contribution in [0.1, 0.15) is 5.69 Å². The van der Waals surface area contributed by atoms with Gasteiger partial charge in [0.2, 0.25) is 0 Å². The van der Waals surface area contributed by atoms with E-state index >= 15 is 0 Å². The molecule has 1 heterocycles. The summed E-state index contributed by atoms with van der Waals surface area (Å²) >= 11 is 0. The van der Waals surface area contributed by atoms with Crippen molar-refractivity contribution in [3.05, 3.63) is 35.8 Å². The van der Waals surface area contributed by atoms with Gasteiger partial charge < -0.3 is 9.30 Å². The molecule has 0 unspecified atom stereocenters. The highest BCUT2D eigenvalue weighted by atomic mass is 19.1. The van der Waals surface area contributed by atoms with Crippen molar-refractivity contribution in [1.82, 2.24) is 4.57 Å². The molecule has 0 aliphatic rings. The average molecular weight is 193 g/mol. The van der Waals surface area contributed by atoms with Gasteiger partial charge in [-0.3, -0.25) is 0 Å². The standard InChI is InChI=1S/C11H12FNO/c1-13-9(7-14-2)6-8-4-3-5-10(12)11(8)13/h3-6H,7H2,1-2H3. The van der Waals surface area contributed by atoms with Gasteiger partial charge in [-0.2, -0.15) is 0 Å². The number of rotatable bonds is 2. The Bertz CT molecular complexity index is 462. The van der Waals surface area contributed by atoms with E-state index in [0.29, 0.717) is 12.1 Å². The van der Waals surface area contributed by atoms with E-state index in [2.05, 4.69) is 0 Å². The van der Waals surface area contributed by atoms with Crippen LogP contribution >= 0.6 is 0 Å². The van der Waals surface area contributed by atoms with Crippen molar-refractivity contribution in [2.75, 3.05) is 7.11 Å². The van der Waals surface area contributed by atoms with Gasteiger partial charge in [-0.15, -0.1) is 0 Å². The summed E-state index contributed by atoms with van der Waals surface area (Å²) in [5.41, 5.74) is 1.62. The lowest BCUT2D eigenvalue weighted by molar-refractivity contribution is 0.179. The van der Waals surface area contributed by atoms with Crippen molar-refractivity contribution >= 4 is 10.9 Å². The Hall–Kier alpha value is -1.35. The summed E-state index contributed by atoms with van der Waals surface area (Å²) in [6.07, 6.45) is 0. The van der Waals surface area contributed by atoms with Crippen LogP contribution < -0.4 is 0 Å². The Balaban J connectivity index is 2.68. The fourth-order valence-electron chi connectivity index (χ4n) is 1.71. The van der Waals surface area contributed by atoms with Gasteiger partial charge in [0.1, 0.15) is 5.82 Å². The third kappa shape index (κ3) is 1.30. The molecular formula is C11H12FNO. The summed E-state index contributed by atoms with van der Waals surface area (Å²) in [4.78, 5) is 0. The lowest BCUT2D eigenvalue weighted by Gasteiger charge is -2.02. The van der Waals surface area contributed by atoms with Crippen molar-refractivity contribution in [3.8, 4) is 0 Å². The first-order valence-electron chi connectivity index (χ1n) is 4.46. The highest BCUT2D eigenvalue weighted by Gasteiger charge is 2.08. The lowest BCUT2D eigenvalue weighted by atomic mass is 10.2. The van der Waals surface area contributed by atoms with E-state index < -0.39 is 0 Å². The van der Waals surface area contributed by atoms with Crippen LogP contribution in [0, 0.1) is 5.82 Å². The second-order valence-electron chi connectivity index (χ2n) is 3.31. The molecule has 0 fully saturated rings. The smallest absolute Gasteiger partial charge is 0.147 e. The van der Waals surface area contributed by atoms with Gasteiger partial charge in [-0.05, 0) is 12.1 Å². The predicted octanol–water partition coefficient (Wildman–Crippen LogP) is 2.46. The van der Waals surface area contributed by atoms with E-state index in [9.17, 15) is 4.39 Å². The molecule has 1 aromatic carbocycles. The topological polar surface area (TPSA) is 14.2 Å². The number of hydrogen-bond donors (Lipinski definition) is 0. The average Bonchev–Trinajstić information content (AvgIpc) is 2.46. The second-order valence-corrected chi connectivity index (χ2v) is 3.31. The van der Waals surface area contributed by atoms with Gasteiger partial charge in [-0.1, -0.05) is 12.1 Å². The van der Waals surface area contributed by atoms with E-state index in [1.54, 1.807) is 13.2 Å². The molecule has 2 rings (SSSR count). The molecule has 0 aliphatic heterocycles. The van der Waals surface area contributed by atoms with E-state index in [1.807, 2.05) is 23.7 Å². The maximum atomic E-state index is 13.4. The minimum atomic E-state index is -0.188. The summed E-state index contributed by atoms with van der Waals surface area (Å²) in [7, 11) is 3.48. The molecule has 0 aliphatic carbocycles. The monoisotopic (exact) mass is 193 g/mol. The van der Waals surface area contributed by atoms with Crippen molar-refractivity contribution in [2.45, 2.75) is 6.61 Å². The van der Waals surface area contributed by atoms with E-state index in [1.165, 1.54) is 6.07 Å². The van der Waals surface area contributed by atoms with Gasteiger partial charge in [0.05, 0.1) is 12.1 Å². The van der Waals surface area contributed by atoms with Gasteiger partial charge in [0.15, 0.2) is 0 Å². The van der Waals surface area contributed by atoms with Crippen LogP contribution in [-0.2, 0) is 18.4 Å². The minimum absolute atomic E-state index is 0.188. The van der Waals surface area contributed by atoms with Crippen molar-refractivity contribution in [2.24, 2.45) is 7.05 Å². The van der Waals surface area contributed by atoms with Crippen LogP contribution in [-0.4, -0.2) is 11.7 Å². The summed E-state index contributed by atoms with van der Waals surface area (Å²) in [6.45, 7) is 0.505. The molecular weight excluding hydrogens is 181 g/mol. The molecule has 0 bridgehead atoms. The Morgan fingerprint density at radius 3 is 2.86 bits per heavy atom. The number of para-hydroxylation sites is 1. The van der Waals surface area contributed by atoms with Crippen molar-refractivity contribution < 1.29 is 9.13 Å². The number of nitrogens with zero attached hydrogens (tertiary/aromatic N) is 1. The van der Waals surface area contributed by atoms with Crippen LogP contribution in [0.15, 0.2) is 24.3 Å². The highest BCUT2D eigenvalue weighted by molar-refractivity contribution is 5.81. The molecule has 0 saturated heterocycles. The first-order chi connectivity index (χ1) is 6.74. The number of benzene rings is 1. The molecule has 14 heavy (non-hydrogen) atoms. The maximum absolute atomic E-state index is 13.4. The van der Waals surface area contributed by atoms with Crippen molar-refractivity contribution in [3.63, 3.8) is 0 Å². The van der Waals surface area contributed by atoms with Crippen LogP contribution in [0.2, 0.25) is 0 Å². The number of ether oxygens (including phenoxy) is 1. The summed E-state index contributed by atoms with van der Waals surface area (Å²) in [6, 6.07) is 7.03. The van der Waals surface area contributed by atoms with Crippen LogP contribution in [0.5, 0.6) is 0 Å². The van der Waals surface area contributed by atoms with Gasteiger partial charge in [0.25, 0.3) is 0 Å². The van der Waals surface area contributed by atoms with Crippen molar-refractivity contribution in [1.29, 1.82) is 0 Å². The fourth-order valence-corrected chi connectivity index (χ4v) is 1.71. The Labute approximate surface area is 81.9 Å². The Morgan fingerprint density at radius 1 is 1.43 bits per heavy atom. The molecule has 1 aromatic heterocycles. The maximum Gasteiger partial charge on any atom is 0.147 e. The molecule has 0 atom stereocenters.